The van der Waals surface area contributed by atoms with Gasteiger partial charge in [-0.15, -0.1) is 10.2 Å². The van der Waals surface area contributed by atoms with E-state index in [1.165, 1.54) is 0 Å². The van der Waals surface area contributed by atoms with Crippen molar-refractivity contribution in [1.82, 2.24) is 15.2 Å². The van der Waals surface area contributed by atoms with Crippen LogP contribution in [0.5, 0.6) is 0 Å². The predicted octanol–water partition coefficient (Wildman–Crippen LogP) is 3.18. The minimum atomic E-state index is -0.330. The summed E-state index contributed by atoms with van der Waals surface area (Å²) in [6.45, 7) is 3.89. The average Bonchev–Trinajstić information content (AvgIpc) is 2.64. The number of nitrogens with zero attached hydrogens (tertiary/aromatic N) is 2. The summed E-state index contributed by atoms with van der Waals surface area (Å²) in [5.74, 6) is -0.0366. The highest BCUT2D eigenvalue weighted by molar-refractivity contribution is 7.99. The zero-order chi connectivity index (χ0) is 18.5. The normalized spacial score (nSPS) is 10.5. The fraction of sp³-hybridized carbons (Fsp3) is 0.158. The number of aromatic amines is 1. The van der Waals surface area contributed by atoms with Crippen LogP contribution in [0.1, 0.15) is 11.1 Å². The summed E-state index contributed by atoms with van der Waals surface area (Å²) < 4.78 is 0. The van der Waals surface area contributed by atoms with E-state index in [1.54, 1.807) is 12.1 Å². The minimum absolute atomic E-state index is 0.128. The highest BCUT2D eigenvalue weighted by Crippen LogP contribution is 2.20. The molecule has 0 bridgehead atoms. The molecule has 0 aliphatic carbocycles. The van der Waals surface area contributed by atoms with Crippen molar-refractivity contribution < 1.29 is 4.79 Å². The largest absolute Gasteiger partial charge is 0.325 e. The number of carbonyl (C=O) groups excluding carboxylic acids is 1. The first-order valence-electron chi connectivity index (χ1n) is 8.06. The van der Waals surface area contributed by atoms with Gasteiger partial charge in [0.05, 0.1) is 5.75 Å². The quantitative estimate of drug-likeness (QED) is 0.677. The molecule has 7 heteroatoms. The molecule has 2 aromatic carbocycles. The summed E-state index contributed by atoms with van der Waals surface area (Å²) in [6.07, 6.45) is 0. The molecule has 3 rings (SSSR count). The van der Waals surface area contributed by atoms with Crippen LogP contribution < -0.4 is 10.9 Å². The number of aromatic nitrogens is 3. The number of rotatable bonds is 5. The van der Waals surface area contributed by atoms with Gasteiger partial charge in [-0.3, -0.25) is 14.6 Å². The first-order valence-corrected chi connectivity index (χ1v) is 9.04. The third kappa shape index (κ3) is 4.18. The Balaban J connectivity index is 1.66. The summed E-state index contributed by atoms with van der Waals surface area (Å²) in [5, 5.41) is 11.2. The Hall–Kier alpha value is -2.93. The number of benzene rings is 2. The molecule has 1 amide bonds. The second-order valence-corrected chi connectivity index (χ2v) is 6.74. The molecule has 0 saturated heterocycles. The molecule has 2 N–H and O–H groups in total. The van der Waals surface area contributed by atoms with E-state index >= 15 is 0 Å². The zero-order valence-electron chi connectivity index (χ0n) is 14.4. The molecule has 1 heterocycles. The van der Waals surface area contributed by atoms with Crippen LogP contribution >= 0.6 is 11.8 Å². The number of amides is 1. The Bertz CT molecular complexity index is 966. The van der Waals surface area contributed by atoms with Crippen LogP contribution in [0.15, 0.2) is 58.5 Å². The first-order chi connectivity index (χ1) is 12.5. The van der Waals surface area contributed by atoms with Crippen molar-refractivity contribution in [2.45, 2.75) is 19.0 Å². The smallest absolute Gasteiger partial charge is 0.278 e. The lowest BCUT2D eigenvalue weighted by Gasteiger charge is -2.11. The summed E-state index contributed by atoms with van der Waals surface area (Å²) in [7, 11) is 0. The lowest BCUT2D eigenvalue weighted by Crippen LogP contribution is -2.18. The maximum atomic E-state index is 12.2. The maximum absolute atomic E-state index is 12.2. The van der Waals surface area contributed by atoms with E-state index < -0.39 is 0 Å². The molecular weight excluding hydrogens is 348 g/mol. The molecule has 0 spiro atoms. The summed E-state index contributed by atoms with van der Waals surface area (Å²) in [4.78, 5) is 27.1. The monoisotopic (exact) mass is 366 g/mol. The molecule has 6 nitrogen and oxygen atoms in total. The number of thioether (sulfide) groups is 1. The Kier molecular flexibility index (Phi) is 5.48. The molecule has 132 valence electrons. The Morgan fingerprint density at radius 1 is 1.04 bits per heavy atom. The van der Waals surface area contributed by atoms with Gasteiger partial charge in [0.25, 0.3) is 5.56 Å². The molecule has 0 aliphatic rings. The molecule has 0 unspecified atom stereocenters. The van der Waals surface area contributed by atoms with Gasteiger partial charge in [-0.05, 0) is 25.0 Å². The van der Waals surface area contributed by atoms with Crippen LogP contribution in [0.25, 0.3) is 11.3 Å². The van der Waals surface area contributed by atoms with Crippen LogP contribution in [-0.2, 0) is 4.79 Å². The third-order valence-corrected chi connectivity index (χ3v) is 4.67. The van der Waals surface area contributed by atoms with E-state index in [0.717, 1.165) is 28.6 Å². The summed E-state index contributed by atoms with van der Waals surface area (Å²) in [5.41, 5.74) is 3.45. The van der Waals surface area contributed by atoms with Gasteiger partial charge < -0.3 is 5.32 Å². The standard InChI is InChI=1S/C19H18N4O2S/c1-12-7-6-8-13(2)16(12)20-15(24)11-26-19-21-18(25)17(22-23-19)14-9-4-3-5-10-14/h3-10H,11H2,1-2H3,(H,20,24)(H,21,23,25). The fourth-order valence-electron chi connectivity index (χ4n) is 2.49. The van der Waals surface area contributed by atoms with Crippen LogP contribution in [-0.4, -0.2) is 26.8 Å². The molecule has 0 saturated carbocycles. The van der Waals surface area contributed by atoms with Gasteiger partial charge >= 0.3 is 0 Å². The molecule has 0 radical (unpaired) electrons. The Morgan fingerprint density at radius 2 is 1.73 bits per heavy atom. The number of nitrogens with one attached hydrogen (secondary N) is 2. The van der Waals surface area contributed by atoms with Crippen LogP contribution in [0.2, 0.25) is 0 Å². The second kappa shape index (κ2) is 7.97. The Morgan fingerprint density at radius 3 is 2.38 bits per heavy atom. The second-order valence-electron chi connectivity index (χ2n) is 5.78. The van der Waals surface area contributed by atoms with Crippen molar-refractivity contribution >= 4 is 23.4 Å². The molecule has 26 heavy (non-hydrogen) atoms. The van der Waals surface area contributed by atoms with E-state index in [4.69, 9.17) is 0 Å². The van der Waals surface area contributed by atoms with Crippen molar-refractivity contribution in [2.75, 3.05) is 11.1 Å². The first kappa shape index (κ1) is 17.9. The molecule has 0 fully saturated rings. The van der Waals surface area contributed by atoms with Crippen molar-refractivity contribution in [3.8, 4) is 11.3 Å². The summed E-state index contributed by atoms with van der Waals surface area (Å²) >= 11 is 1.14. The van der Waals surface area contributed by atoms with Crippen molar-refractivity contribution in [3.05, 3.63) is 70.0 Å². The fourth-order valence-corrected chi connectivity index (χ4v) is 3.10. The number of aryl methyl sites for hydroxylation is 2. The lowest BCUT2D eigenvalue weighted by molar-refractivity contribution is -0.113. The molecule has 3 aromatic rings. The van der Waals surface area contributed by atoms with E-state index in [9.17, 15) is 9.59 Å². The van der Waals surface area contributed by atoms with E-state index in [-0.39, 0.29) is 22.9 Å². The SMILES string of the molecule is Cc1cccc(C)c1NC(=O)CSc1nnc(-c2ccccc2)c(=O)[nH]1. The number of hydrogen-bond donors (Lipinski definition) is 2. The van der Waals surface area contributed by atoms with Gasteiger partial charge in [0.1, 0.15) is 0 Å². The van der Waals surface area contributed by atoms with Crippen molar-refractivity contribution in [3.63, 3.8) is 0 Å². The van der Waals surface area contributed by atoms with E-state index in [1.807, 2.05) is 50.2 Å². The number of anilines is 1. The van der Waals surface area contributed by atoms with Crippen LogP contribution in [0.4, 0.5) is 5.69 Å². The number of para-hydroxylation sites is 1. The van der Waals surface area contributed by atoms with E-state index in [0.29, 0.717) is 10.7 Å². The topological polar surface area (TPSA) is 87.7 Å². The number of hydrogen-bond acceptors (Lipinski definition) is 5. The molecule has 1 aromatic heterocycles. The van der Waals surface area contributed by atoms with Crippen molar-refractivity contribution in [1.29, 1.82) is 0 Å². The van der Waals surface area contributed by atoms with Gasteiger partial charge in [0.2, 0.25) is 5.91 Å². The Labute approximate surface area is 155 Å². The number of carbonyl (C=O) groups is 1. The van der Waals surface area contributed by atoms with Gasteiger partial charge in [-0.25, -0.2) is 0 Å². The maximum Gasteiger partial charge on any atom is 0.278 e. The third-order valence-electron chi connectivity index (χ3n) is 3.81. The molecular formula is C19H18N4O2S. The van der Waals surface area contributed by atoms with Gasteiger partial charge in [-0.2, -0.15) is 0 Å². The predicted molar refractivity (Wildman–Crippen MR) is 103 cm³/mol. The summed E-state index contributed by atoms with van der Waals surface area (Å²) in [6, 6.07) is 15.0. The lowest BCUT2D eigenvalue weighted by atomic mass is 10.1. The van der Waals surface area contributed by atoms with Gasteiger partial charge in [0.15, 0.2) is 10.9 Å². The molecule has 0 atom stereocenters. The van der Waals surface area contributed by atoms with Crippen LogP contribution in [0, 0.1) is 13.8 Å². The average molecular weight is 366 g/mol. The van der Waals surface area contributed by atoms with Crippen LogP contribution in [0.3, 0.4) is 0 Å². The number of H-pyrrole nitrogens is 1. The van der Waals surface area contributed by atoms with E-state index in [2.05, 4.69) is 20.5 Å². The highest BCUT2D eigenvalue weighted by Gasteiger charge is 2.11. The zero-order valence-corrected chi connectivity index (χ0v) is 15.3. The van der Waals surface area contributed by atoms with Gasteiger partial charge in [-0.1, -0.05) is 60.3 Å². The highest BCUT2D eigenvalue weighted by atomic mass is 32.2. The van der Waals surface area contributed by atoms with Crippen molar-refractivity contribution in [2.24, 2.45) is 0 Å². The van der Waals surface area contributed by atoms with Gasteiger partial charge in [0, 0.05) is 11.3 Å². The molecule has 0 aliphatic heterocycles. The minimum Gasteiger partial charge on any atom is -0.325 e.